The van der Waals surface area contributed by atoms with Gasteiger partial charge in [0.1, 0.15) is 6.33 Å². The molecule has 94 valence electrons. The maximum absolute atomic E-state index is 12.1. The first-order chi connectivity index (χ1) is 8.12. The first-order valence-corrected chi connectivity index (χ1v) is 5.94. The molecule has 2 heterocycles. The van der Waals surface area contributed by atoms with Gasteiger partial charge in [0, 0.05) is 13.6 Å². The molecule has 1 unspecified atom stereocenters. The molecule has 0 aromatic carbocycles. The van der Waals surface area contributed by atoms with E-state index in [1.807, 2.05) is 18.5 Å². The van der Waals surface area contributed by atoms with Crippen molar-refractivity contribution in [1.29, 1.82) is 0 Å². The molecule has 6 heteroatoms. The summed E-state index contributed by atoms with van der Waals surface area (Å²) in [6.07, 6.45) is 3.61. The molecule has 1 amide bonds. The monoisotopic (exact) mass is 237 g/mol. The highest BCUT2D eigenvalue weighted by molar-refractivity contribution is 5.82. The van der Waals surface area contributed by atoms with Gasteiger partial charge in [0.2, 0.25) is 5.91 Å². The molecule has 2 rings (SSSR count). The topological polar surface area (TPSA) is 71.8 Å². The van der Waals surface area contributed by atoms with Crippen LogP contribution in [0.2, 0.25) is 0 Å². The Balaban J connectivity index is 1.91. The molecule has 1 fully saturated rings. The van der Waals surface area contributed by atoms with Gasteiger partial charge in [-0.15, -0.1) is 10.2 Å². The van der Waals surface area contributed by atoms with Gasteiger partial charge in [-0.3, -0.25) is 4.79 Å². The fourth-order valence-electron chi connectivity index (χ4n) is 2.09. The lowest BCUT2D eigenvalue weighted by atomic mass is 9.82. The van der Waals surface area contributed by atoms with E-state index < -0.39 is 0 Å². The molecule has 0 radical (unpaired) electrons. The van der Waals surface area contributed by atoms with Gasteiger partial charge in [0.25, 0.3) is 0 Å². The third-order valence-corrected chi connectivity index (χ3v) is 3.36. The van der Waals surface area contributed by atoms with Crippen molar-refractivity contribution in [2.45, 2.75) is 26.3 Å². The fourth-order valence-corrected chi connectivity index (χ4v) is 2.09. The zero-order valence-corrected chi connectivity index (χ0v) is 10.4. The number of hydrogen-bond donors (Lipinski definition) is 2. The minimum atomic E-state index is -0.295. The lowest BCUT2D eigenvalue weighted by Gasteiger charge is -2.32. The SMILES string of the molecule is Cn1cnnc1CNC(=O)C1(C)CCCNC1. The summed E-state index contributed by atoms with van der Waals surface area (Å²) in [7, 11) is 1.87. The Morgan fingerprint density at radius 1 is 1.71 bits per heavy atom. The molecule has 6 nitrogen and oxygen atoms in total. The number of nitrogens with zero attached hydrogens (tertiary/aromatic N) is 3. The summed E-state index contributed by atoms with van der Waals surface area (Å²) >= 11 is 0. The van der Waals surface area contributed by atoms with Crippen LogP contribution < -0.4 is 10.6 Å². The van der Waals surface area contributed by atoms with E-state index in [0.29, 0.717) is 6.54 Å². The highest BCUT2D eigenvalue weighted by atomic mass is 16.2. The summed E-state index contributed by atoms with van der Waals surface area (Å²) in [5, 5.41) is 13.9. The minimum absolute atomic E-state index is 0.0905. The maximum atomic E-state index is 12.1. The predicted molar refractivity (Wildman–Crippen MR) is 63.1 cm³/mol. The highest BCUT2D eigenvalue weighted by Crippen LogP contribution is 2.25. The number of piperidine rings is 1. The highest BCUT2D eigenvalue weighted by Gasteiger charge is 2.34. The standard InChI is InChI=1S/C11H19N5O/c1-11(4-3-5-12-7-11)10(17)13-6-9-15-14-8-16(9)2/h8,12H,3-7H2,1-2H3,(H,13,17). The molecular formula is C11H19N5O. The quantitative estimate of drug-likeness (QED) is 0.765. The van der Waals surface area contributed by atoms with Crippen molar-refractivity contribution in [3.8, 4) is 0 Å². The van der Waals surface area contributed by atoms with Crippen LogP contribution >= 0.6 is 0 Å². The zero-order chi connectivity index (χ0) is 12.3. The van der Waals surface area contributed by atoms with Gasteiger partial charge in [-0.25, -0.2) is 0 Å². The van der Waals surface area contributed by atoms with Gasteiger partial charge in [-0.1, -0.05) is 0 Å². The molecule has 0 bridgehead atoms. The largest absolute Gasteiger partial charge is 0.348 e. The van der Waals surface area contributed by atoms with Crippen LogP contribution in [0, 0.1) is 5.41 Å². The Hall–Kier alpha value is -1.43. The van der Waals surface area contributed by atoms with Crippen LogP contribution in [-0.2, 0) is 18.4 Å². The van der Waals surface area contributed by atoms with Gasteiger partial charge >= 0.3 is 0 Å². The first-order valence-electron chi connectivity index (χ1n) is 5.94. The normalized spacial score (nSPS) is 24.6. The molecule has 1 atom stereocenters. The Bertz CT molecular complexity index is 394. The smallest absolute Gasteiger partial charge is 0.227 e. The summed E-state index contributed by atoms with van der Waals surface area (Å²) in [5.74, 6) is 0.860. The minimum Gasteiger partial charge on any atom is -0.348 e. The third-order valence-electron chi connectivity index (χ3n) is 3.36. The van der Waals surface area contributed by atoms with Crippen molar-refractivity contribution in [2.24, 2.45) is 12.5 Å². The summed E-state index contributed by atoms with van der Waals surface area (Å²) in [6.45, 7) is 4.19. The number of nitrogens with one attached hydrogen (secondary N) is 2. The fraction of sp³-hybridized carbons (Fsp3) is 0.727. The molecule has 2 N–H and O–H groups in total. The molecule has 0 saturated carbocycles. The van der Waals surface area contributed by atoms with Crippen LogP contribution in [0.1, 0.15) is 25.6 Å². The Kier molecular flexibility index (Phi) is 3.42. The molecule has 1 aliphatic rings. The molecule has 1 saturated heterocycles. The van der Waals surface area contributed by atoms with Crippen LogP contribution in [0.5, 0.6) is 0 Å². The molecule has 1 aliphatic heterocycles. The lowest BCUT2D eigenvalue weighted by Crippen LogP contribution is -2.48. The van der Waals surface area contributed by atoms with E-state index in [4.69, 9.17) is 0 Å². The second kappa shape index (κ2) is 4.83. The summed E-state index contributed by atoms with van der Waals surface area (Å²) < 4.78 is 1.81. The number of aryl methyl sites for hydroxylation is 1. The summed E-state index contributed by atoms with van der Waals surface area (Å²) in [5.41, 5.74) is -0.295. The van der Waals surface area contributed by atoms with Crippen molar-refractivity contribution < 1.29 is 4.79 Å². The van der Waals surface area contributed by atoms with E-state index in [2.05, 4.69) is 20.8 Å². The molecule has 0 aliphatic carbocycles. The molecule has 1 aromatic heterocycles. The van der Waals surface area contributed by atoms with Crippen LogP contribution in [0.4, 0.5) is 0 Å². The van der Waals surface area contributed by atoms with E-state index in [-0.39, 0.29) is 11.3 Å². The van der Waals surface area contributed by atoms with Crippen LogP contribution in [0.25, 0.3) is 0 Å². The van der Waals surface area contributed by atoms with E-state index in [9.17, 15) is 4.79 Å². The number of amides is 1. The number of aromatic nitrogens is 3. The van der Waals surface area contributed by atoms with E-state index >= 15 is 0 Å². The maximum Gasteiger partial charge on any atom is 0.227 e. The summed E-state index contributed by atoms with van der Waals surface area (Å²) in [6, 6.07) is 0. The third kappa shape index (κ3) is 2.63. The van der Waals surface area contributed by atoms with Gasteiger partial charge in [-0.2, -0.15) is 0 Å². The lowest BCUT2D eigenvalue weighted by molar-refractivity contribution is -0.131. The van der Waals surface area contributed by atoms with Crippen molar-refractivity contribution in [2.75, 3.05) is 13.1 Å². The van der Waals surface area contributed by atoms with Crippen LogP contribution in [0.3, 0.4) is 0 Å². The molecular weight excluding hydrogens is 218 g/mol. The summed E-state index contributed by atoms with van der Waals surface area (Å²) in [4.78, 5) is 12.1. The Labute approximate surface area is 101 Å². The van der Waals surface area contributed by atoms with Crippen LogP contribution in [0.15, 0.2) is 6.33 Å². The van der Waals surface area contributed by atoms with Gasteiger partial charge in [-0.05, 0) is 26.3 Å². The predicted octanol–water partition coefficient (Wildman–Crippen LogP) is -0.179. The van der Waals surface area contributed by atoms with Crippen molar-refractivity contribution >= 4 is 5.91 Å². The second-order valence-electron chi connectivity index (χ2n) is 4.88. The van der Waals surface area contributed by atoms with E-state index in [0.717, 1.165) is 31.8 Å². The molecule has 1 aromatic rings. The van der Waals surface area contributed by atoms with Gasteiger partial charge in [0.15, 0.2) is 5.82 Å². The number of hydrogen-bond acceptors (Lipinski definition) is 4. The first kappa shape index (κ1) is 12.0. The molecule has 17 heavy (non-hydrogen) atoms. The van der Waals surface area contributed by atoms with Gasteiger partial charge < -0.3 is 15.2 Å². The Morgan fingerprint density at radius 3 is 3.12 bits per heavy atom. The van der Waals surface area contributed by atoms with Crippen LogP contribution in [-0.4, -0.2) is 33.8 Å². The number of rotatable bonds is 3. The van der Waals surface area contributed by atoms with Gasteiger partial charge in [0.05, 0.1) is 12.0 Å². The van der Waals surface area contributed by atoms with Crippen molar-refractivity contribution in [1.82, 2.24) is 25.4 Å². The average Bonchev–Trinajstić information content (AvgIpc) is 2.73. The second-order valence-corrected chi connectivity index (χ2v) is 4.88. The van der Waals surface area contributed by atoms with E-state index in [1.165, 1.54) is 0 Å². The molecule has 0 spiro atoms. The van der Waals surface area contributed by atoms with E-state index in [1.54, 1.807) is 6.33 Å². The number of carbonyl (C=O) groups excluding carboxylic acids is 1. The number of carbonyl (C=O) groups is 1. The zero-order valence-electron chi connectivity index (χ0n) is 10.4. The average molecular weight is 237 g/mol. The Morgan fingerprint density at radius 2 is 2.53 bits per heavy atom. The van der Waals surface area contributed by atoms with Crippen molar-refractivity contribution in [3.63, 3.8) is 0 Å². The van der Waals surface area contributed by atoms with Crippen molar-refractivity contribution in [3.05, 3.63) is 12.2 Å².